The number of hydrogen-bond acceptors (Lipinski definition) is 6. The number of anilines is 2. The number of amides is 1. The average Bonchev–Trinajstić information content (AvgIpc) is 3.19. The number of aliphatic hydroxyl groups is 1. The predicted octanol–water partition coefficient (Wildman–Crippen LogP) is 5.83. The van der Waals surface area contributed by atoms with Gasteiger partial charge in [0.05, 0.1) is 30.9 Å². The van der Waals surface area contributed by atoms with Crippen molar-refractivity contribution in [3.63, 3.8) is 0 Å². The first-order valence-electron chi connectivity index (χ1n) is 12.0. The second-order valence-corrected chi connectivity index (χ2v) is 8.89. The van der Waals surface area contributed by atoms with E-state index in [2.05, 4.69) is 18.7 Å². The molecular weight excluding hydrogens is 492 g/mol. The van der Waals surface area contributed by atoms with Crippen molar-refractivity contribution < 1.29 is 24.2 Å². The average molecular weight is 521 g/mol. The Labute approximate surface area is 221 Å². The van der Waals surface area contributed by atoms with Gasteiger partial charge in [-0.2, -0.15) is 0 Å². The van der Waals surface area contributed by atoms with Crippen molar-refractivity contribution in [2.45, 2.75) is 19.9 Å². The van der Waals surface area contributed by atoms with Crippen LogP contribution in [-0.2, 0) is 9.59 Å². The minimum absolute atomic E-state index is 0.0320. The van der Waals surface area contributed by atoms with Crippen molar-refractivity contribution in [2.75, 3.05) is 37.1 Å². The molecule has 1 saturated heterocycles. The minimum Gasteiger partial charge on any atom is -0.507 e. The third-order valence-corrected chi connectivity index (χ3v) is 6.85. The molecule has 8 heteroatoms. The van der Waals surface area contributed by atoms with Crippen LogP contribution in [0, 0.1) is 0 Å². The van der Waals surface area contributed by atoms with Crippen molar-refractivity contribution >= 4 is 40.4 Å². The van der Waals surface area contributed by atoms with Crippen LogP contribution in [0.25, 0.3) is 5.76 Å². The summed E-state index contributed by atoms with van der Waals surface area (Å²) >= 11 is 6.16. The standard InChI is InChI=1S/C29H29ClN2O5/c1-5-31(6-2)20-11-13-21(14-12-20)32-26(18-8-7-9-22(16-18)36-3)25(28(34)29(32)35)27(33)19-10-15-23(30)24(17-19)37-4/h7-17,26,33H,5-6H2,1-4H3/b27-25-. The normalized spacial score (nSPS) is 16.7. The first-order valence-corrected chi connectivity index (χ1v) is 12.4. The monoisotopic (exact) mass is 520 g/mol. The topological polar surface area (TPSA) is 79.3 Å². The minimum atomic E-state index is -0.879. The Balaban J connectivity index is 1.90. The second kappa shape index (κ2) is 11.0. The molecule has 1 aliphatic rings. The summed E-state index contributed by atoms with van der Waals surface area (Å²) in [4.78, 5) is 30.5. The lowest BCUT2D eigenvalue weighted by Crippen LogP contribution is -2.29. The van der Waals surface area contributed by atoms with Gasteiger partial charge in [-0.15, -0.1) is 0 Å². The van der Waals surface area contributed by atoms with Crippen molar-refractivity contribution in [3.05, 3.63) is 88.5 Å². The van der Waals surface area contributed by atoms with Gasteiger partial charge in [0.25, 0.3) is 11.7 Å². The zero-order valence-electron chi connectivity index (χ0n) is 21.2. The molecule has 0 aromatic heterocycles. The van der Waals surface area contributed by atoms with E-state index in [9.17, 15) is 14.7 Å². The number of carbonyl (C=O) groups excluding carboxylic acids is 2. The summed E-state index contributed by atoms with van der Waals surface area (Å²) in [7, 11) is 3.00. The fraction of sp³-hybridized carbons (Fsp3) is 0.241. The summed E-state index contributed by atoms with van der Waals surface area (Å²) in [5.41, 5.74) is 2.45. The smallest absolute Gasteiger partial charge is 0.300 e. The van der Waals surface area contributed by atoms with Crippen molar-refractivity contribution in [2.24, 2.45) is 0 Å². The number of Topliss-reactive ketones (excluding diaryl/α,β-unsaturated/α-hetero) is 1. The fourth-order valence-electron chi connectivity index (χ4n) is 4.60. The number of hydrogen-bond donors (Lipinski definition) is 1. The van der Waals surface area contributed by atoms with Crippen LogP contribution in [0.1, 0.15) is 31.0 Å². The zero-order chi connectivity index (χ0) is 26.7. The van der Waals surface area contributed by atoms with Crippen LogP contribution in [0.3, 0.4) is 0 Å². The van der Waals surface area contributed by atoms with E-state index in [0.717, 1.165) is 18.8 Å². The summed E-state index contributed by atoms with van der Waals surface area (Å²) in [6.45, 7) is 5.83. The predicted molar refractivity (Wildman–Crippen MR) is 146 cm³/mol. The van der Waals surface area contributed by atoms with E-state index < -0.39 is 17.7 Å². The summed E-state index contributed by atoms with van der Waals surface area (Å²) in [6.07, 6.45) is 0. The molecule has 1 N–H and O–H groups in total. The van der Waals surface area contributed by atoms with Crippen molar-refractivity contribution in [3.8, 4) is 11.5 Å². The lowest BCUT2D eigenvalue weighted by Gasteiger charge is -2.27. The molecule has 1 amide bonds. The highest BCUT2D eigenvalue weighted by molar-refractivity contribution is 6.51. The molecule has 1 heterocycles. The van der Waals surface area contributed by atoms with Crippen molar-refractivity contribution in [1.82, 2.24) is 0 Å². The molecule has 0 spiro atoms. The van der Waals surface area contributed by atoms with Gasteiger partial charge < -0.3 is 19.5 Å². The highest BCUT2D eigenvalue weighted by Crippen LogP contribution is 2.43. The van der Waals surface area contributed by atoms with Crippen LogP contribution in [0.5, 0.6) is 11.5 Å². The first kappa shape index (κ1) is 26.1. The number of benzene rings is 3. The summed E-state index contributed by atoms with van der Waals surface area (Å²) in [6, 6.07) is 18.4. The molecule has 0 saturated carbocycles. The van der Waals surface area contributed by atoms with E-state index in [4.69, 9.17) is 21.1 Å². The van der Waals surface area contributed by atoms with Gasteiger partial charge in [-0.3, -0.25) is 14.5 Å². The maximum absolute atomic E-state index is 13.4. The molecule has 0 radical (unpaired) electrons. The summed E-state index contributed by atoms with van der Waals surface area (Å²) < 4.78 is 10.7. The van der Waals surface area contributed by atoms with Gasteiger partial charge in [-0.25, -0.2) is 0 Å². The van der Waals surface area contributed by atoms with Gasteiger partial charge in [-0.1, -0.05) is 23.7 Å². The quantitative estimate of drug-likeness (QED) is 0.229. The molecule has 37 heavy (non-hydrogen) atoms. The van der Waals surface area contributed by atoms with E-state index in [1.54, 1.807) is 43.5 Å². The van der Waals surface area contributed by atoms with Crippen molar-refractivity contribution in [1.29, 1.82) is 0 Å². The summed E-state index contributed by atoms with van der Waals surface area (Å²) in [5, 5.41) is 11.7. The number of rotatable bonds is 8. The van der Waals surface area contributed by atoms with Gasteiger partial charge in [0.1, 0.15) is 17.3 Å². The molecule has 0 bridgehead atoms. The largest absolute Gasteiger partial charge is 0.507 e. The highest BCUT2D eigenvalue weighted by atomic mass is 35.5. The second-order valence-electron chi connectivity index (χ2n) is 8.48. The molecule has 1 aliphatic heterocycles. The van der Waals surface area contributed by atoms with E-state index in [1.165, 1.54) is 18.1 Å². The number of ether oxygens (including phenoxy) is 2. The molecular formula is C29H29ClN2O5. The van der Waals surface area contributed by atoms with E-state index in [1.807, 2.05) is 24.3 Å². The molecule has 4 rings (SSSR count). The molecule has 1 unspecified atom stereocenters. The fourth-order valence-corrected chi connectivity index (χ4v) is 4.80. The lowest BCUT2D eigenvalue weighted by molar-refractivity contribution is -0.132. The van der Waals surface area contributed by atoms with Crippen LogP contribution in [0.15, 0.2) is 72.3 Å². The number of aliphatic hydroxyl groups excluding tert-OH is 1. The van der Waals surface area contributed by atoms with Gasteiger partial charge in [-0.05, 0) is 74.0 Å². The number of ketones is 1. The van der Waals surface area contributed by atoms with Gasteiger partial charge in [0, 0.05) is 30.0 Å². The van der Waals surface area contributed by atoms with E-state index >= 15 is 0 Å². The van der Waals surface area contributed by atoms with Crippen LogP contribution < -0.4 is 19.3 Å². The maximum atomic E-state index is 13.4. The number of halogens is 1. The molecule has 7 nitrogen and oxygen atoms in total. The number of carbonyl (C=O) groups is 2. The molecule has 192 valence electrons. The third kappa shape index (κ3) is 4.87. The zero-order valence-corrected chi connectivity index (χ0v) is 22.0. The Morgan fingerprint density at radius 1 is 0.973 bits per heavy atom. The van der Waals surface area contributed by atoms with E-state index in [0.29, 0.717) is 33.3 Å². The third-order valence-electron chi connectivity index (χ3n) is 6.53. The number of methoxy groups -OCH3 is 2. The first-order chi connectivity index (χ1) is 17.8. The maximum Gasteiger partial charge on any atom is 0.300 e. The van der Waals surface area contributed by atoms with E-state index in [-0.39, 0.29) is 11.3 Å². The van der Waals surface area contributed by atoms with Gasteiger partial charge >= 0.3 is 0 Å². The Hall–Kier alpha value is -3.97. The Morgan fingerprint density at radius 3 is 2.30 bits per heavy atom. The van der Waals surface area contributed by atoms with Gasteiger partial charge in [0.2, 0.25) is 0 Å². The molecule has 3 aromatic rings. The Morgan fingerprint density at radius 2 is 1.68 bits per heavy atom. The highest BCUT2D eigenvalue weighted by Gasteiger charge is 2.47. The number of nitrogens with zero attached hydrogens (tertiary/aromatic N) is 2. The van der Waals surface area contributed by atoms with Crippen LogP contribution in [-0.4, -0.2) is 44.1 Å². The Bertz CT molecular complexity index is 1350. The van der Waals surface area contributed by atoms with Crippen LogP contribution in [0.4, 0.5) is 11.4 Å². The molecule has 0 aliphatic carbocycles. The lowest BCUT2D eigenvalue weighted by atomic mass is 9.95. The SMILES string of the molecule is CCN(CC)c1ccc(N2C(=O)C(=O)/C(=C(\O)c3ccc(Cl)c(OC)c3)C2c2cccc(OC)c2)cc1. The Kier molecular flexibility index (Phi) is 7.74. The molecule has 1 atom stereocenters. The molecule has 1 fully saturated rings. The molecule has 3 aromatic carbocycles. The van der Waals surface area contributed by atoms with Crippen LogP contribution >= 0.6 is 11.6 Å². The van der Waals surface area contributed by atoms with Crippen LogP contribution in [0.2, 0.25) is 5.02 Å². The van der Waals surface area contributed by atoms with Gasteiger partial charge in [0.15, 0.2) is 0 Å². The summed E-state index contributed by atoms with van der Waals surface area (Å²) in [5.74, 6) is -0.931.